The minimum atomic E-state index is -0.656. The molecule has 0 aromatic heterocycles. The third-order valence-electron chi connectivity index (χ3n) is 2.72. The second-order valence-electron chi connectivity index (χ2n) is 4.05. The molecule has 0 aliphatic heterocycles. The topological polar surface area (TPSA) is 43.4 Å². The van der Waals surface area contributed by atoms with Gasteiger partial charge in [-0.1, -0.05) is 34.1 Å². The van der Waals surface area contributed by atoms with Gasteiger partial charge in [0.25, 0.3) is 0 Å². The SMILES string of the molecule is CCOC(=O)C(CCc1ccccc1Br)C(C)=O. The van der Waals surface area contributed by atoms with Crippen LogP contribution in [0.15, 0.2) is 28.7 Å². The Bertz CT molecular complexity index is 429. The maximum Gasteiger partial charge on any atom is 0.316 e. The highest BCUT2D eigenvalue weighted by Crippen LogP contribution is 2.20. The third kappa shape index (κ3) is 4.26. The molecule has 0 fully saturated rings. The predicted octanol–water partition coefficient (Wildman–Crippen LogP) is 3.15. The number of aryl methyl sites for hydroxylation is 1. The number of hydrogen-bond acceptors (Lipinski definition) is 3. The van der Waals surface area contributed by atoms with Crippen LogP contribution >= 0.6 is 15.9 Å². The molecule has 0 amide bonds. The lowest BCUT2D eigenvalue weighted by atomic mass is 9.96. The van der Waals surface area contributed by atoms with Crippen LogP contribution in [0.2, 0.25) is 0 Å². The third-order valence-corrected chi connectivity index (χ3v) is 3.50. The first-order valence-corrected chi connectivity index (χ1v) is 6.76. The summed E-state index contributed by atoms with van der Waals surface area (Å²) in [5, 5.41) is 0. The van der Waals surface area contributed by atoms with Gasteiger partial charge < -0.3 is 4.74 Å². The first kappa shape index (κ1) is 14.9. The maximum atomic E-state index is 11.6. The summed E-state index contributed by atoms with van der Waals surface area (Å²) < 4.78 is 5.91. The molecule has 3 nitrogen and oxygen atoms in total. The average molecular weight is 313 g/mol. The van der Waals surface area contributed by atoms with Crippen molar-refractivity contribution in [1.82, 2.24) is 0 Å². The van der Waals surface area contributed by atoms with Crippen LogP contribution in [0.5, 0.6) is 0 Å². The molecule has 1 aromatic carbocycles. The molecule has 18 heavy (non-hydrogen) atoms. The summed E-state index contributed by atoms with van der Waals surface area (Å²) in [5.41, 5.74) is 1.09. The maximum absolute atomic E-state index is 11.6. The highest BCUT2D eigenvalue weighted by atomic mass is 79.9. The largest absolute Gasteiger partial charge is 0.465 e. The fourth-order valence-corrected chi connectivity index (χ4v) is 2.21. The molecule has 0 heterocycles. The molecule has 0 bridgehead atoms. The Balaban J connectivity index is 2.66. The van der Waals surface area contributed by atoms with E-state index >= 15 is 0 Å². The van der Waals surface area contributed by atoms with Crippen LogP contribution in [0.3, 0.4) is 0 Å². The van der Waals surface area contributed by atoms with Crippen LogP contribution in [0.25, 0.3) is 0 Å². The molecule has 0 aliphatic carbocycles. The highest BCUT2D eigenvalue weighted by molar-refractivity contribution is 9.10. The van der Waals surface area contributed by atoms with E-state index in [1.165, 1.54) is 6.92 Å². The number of ketones is 1. The van der Waals surface area contributed by atoms with E-state index in [0.717, 1.165) is 10.0 Å². The van der Waals surface area contributed by atoms with Crippen molar-refractivity contribution in [2.45, 2.75) is 26.7 Å². The first-order valence-electron chi connectivity index (χ1n) is 5.96. The van der Waals surface area contributed by atoms with Crippen LogP contribution in [-0.2, 0) is 20.7 Å². The fraction of sp³-hybridized carbons (Fsp3) is 0.429. The van der Waals surface area contributed by atoms with Crippen molar-refractivity contribution >= 4 is 27.7 Å². The van der Waals surface area contributed by atoms with E-state index < -0.39 is 11.9 Å². The van der Waals surface area contributed by atoms with Gasteiger partial charge in [0.05, 0.1) is 6.61 Å². The van der Waals surface area contributed by atoms with Crippen LogP contribution in [0.1, 0.15) is 25.8 Å². The molecule has 0 N–H and O–H groups in total. The van der Waals surface area contributed by atoms with Crippen molar-refractivity contribution in [3.05, 3.63) is 34.3 Å². The average Bonchev–Trinajstić information content (AvgIpc) is 2.31. The lowest BCUT2D eigenvalue weighted by Gasteiger charge is -2.12. The normalized spacial score (nSPS) is 11.9. The van der Waals surface area contributed by atoms with Gasteiger partial charge in [0, 0.05) is 4.47 Å². The Morgan fingerprint density at radius 3 is 2.56 bits per heavy atom. The summed E-state index contributed by atoms with van der Waals surface area (Å²) in [7, 11) is 0. The number of Topliss-reactive ketones (excluding diaryl/α,β-unsaturated/α-hetero) is 1. The van der Waals surface area contributed by atoms with E-state index in [-0.39, 0.29) is 5.78 Å². The van der Waals surface area contributed by atoms with E-state index in [2.05, 4.69) is 15.9 Å². The van der Waals surface area contributed by atoms with Crippen LogP contribution in [0.4, 0.5) is 0 Å². The summed E-state index contributed by atoms with van der Waals surface area (Å²) >= 11 is 3.45. The molecule has 1 atom stereocenters. The van der Waals surface area contributed by atoms with Gasteiger partial charge in [-0.05, 0) is 38.3 Å². The lowest BCUT2D eigenvalue weighted by molar-refractivity contribution is -0.151. The van der Waals surface area contributed by atoms with Gasteiger partial charge in [0.15, 0.2) is 0 Å². The minimum absolute atomic E-state index is 0.138. The Kier molecular flexibility index (Phi) is 6.05. The summed E-state index contributed by atoms with van der Waals surface area (Å²) in [6.07, 6.45) is 1.15. The number of halogens is 1. The zero-order valence-electron chi connectivity index (χ0n) is 10.6. The number of carbonyl (C=O) groups excluding carboxylic acids is 2. The Morgan fingerprint density at radius 2 is 2.00 bits per heavy atom. The molecule has 98 valence electrons. The number of carbonyl (C=O) groups is 2. The molecule has 0 spiro atoms. The summed E-state index contributed by atoms with van der Waals surface area (Å²) in [4.78, 5) is 23.1. The summed E-state index contributed by atoms with van der Waals surface area (Å²) in [6, 6.07) is 7.80. The van der Waals surface area contributed by atoms with Gasteiger partial charge >= 0.3 is 5.97 Å². The molecule has 1 rings (SSSR count). The van der Waals surface area contributed by atoms with Crippen molar-refractivity contribution in [1.29, 1.82) is 0 Å². The van der Waals surface area contributed by atoms with Crippen LogP contribution < -0.4 is 0 Å². The van der Waals surface area contributed by atoms with Crippen LogP contribution in [-0.4, -0.2) is 18.4 Å². The summed E-state index contributed by atoms with van der Waals surface area (Å²) in [6.45, 7) is 3.47. The number of hydrogen-bond donors (Lipinski definition) is 0. The lowest BCUT2D eigenvalue weighted by Crippen LogP contribution is -2.25. The zero-order valence-corrected chi connectivity index (χ0v) is 12.2. The van der Waals surface area contributed by atoms with Gasteiger partial charge in [-0.15, -0.1) is 0 Å². The predicted molar refractivity (Wildman–Crippen MR) is 73.3 cm³/mol. The van der Waals surface area contributed by atoms with Crippen molar-refractivity contribution in [3.8, 4) is 0 Å². The van der Waals surface area contributed by atoms with E-state index in [1.54, 1.807) is 6.92 Å². The molecule has 0 radical (unpaired) electrons. The molecule has 4 heteroatoms. The molecule has 1 unspecified atom stereocenters. The first-order chi connectivity index (χ1) is 8.56. The molecular weight excluding hydrogens is 296 g/mol. The second-order valence-corrected chi connectivity index (χ2v) is 4.90. The summed E-state index contributed by atoms with van der Waals surface area (Å²) in [5.74, 6) is -1.21. The highest BCUT2D eigenvalue weighted by Gasteiger charge is 2.24. The molecule has 0 aliphatic rings. The fourth-order valence-electron chi connectivity index (χ4n) is 1.73. The monoisotopic (exact) mass is 312 g/mol. The Hall–Kier alpha value is -1.16. The molecule has 0 saturated heterocycles. The number of rotatable bonds is 6. The zero-order chi connectivity index (χ0) is 13.5. The van der Waals surface area contributed by atoms with Crippen molar-refractivity contribution in [3.63, 3.8) is 0 Å². The van der Waals surface area contributed by atoms with Crippen molar-refractivity contribution in [2.24, 2.45) is 5.92 Å². The van der Waals surface area contributed by atoms with Gasteiger partial charge in [0.1, 0.15) is 11.7 Å². The number of esters is 1. The standard InChI is InChI=1S/C14H17BrO3/c1-3-18-14(17)12(10(2)16)9-8-11-6-4-5-7-13(11)15/h4-7,12H,3,8-9H2,1-2H3. The van der Waals surface area contributed by atoms with E-state index in [4.69, 9.17) is 4.74 Å². The molecular formula is C14H17BrO3. The second kappa shape index (κ2) is 7.31. The van der Waals surface area contributed by atoms with Crippen molar-refractivity contribution in [2.75, 3.05) is 6.61 Å². The quantitative estimate of drug-likeness (QED) is 0.598. The van der Waals surface area contributed by atoms with Gasteiger partial charge in [-0.2, -0.15) is 0 Å². The van der Waals surface area contributed by atoms with E-state index in [0.29, 0.717) is 19.4 Å². The Morgan fingerprint density at radius 1 is 1.33 bits per heavy atom. The molecule has 1 aromatic rings. The van der Waals surface area contributed by atoms with Gasteiger partial charge in [-0.25, -0.2) is 0 Å². The Labute approximate surface area is 116 Å². The molecule has 0 saturated carbocycles. The van der Waals surface area contributed by atoms with E-state index in [9.17, 15) is 9.59 Å². The van der Waals surface area contributed by atoms with Gasteiger partial charge in [0.2, 0.25) is 0 Å². The minimum Gasteiger partial charge on any atom is -0.465 e. The number of benzene rings is 1. The van der Waals surface area contributed by atoms with Crippen LogP contribution in [0, 0.1) is 5.92 Å². The number of ether oxygens (including phenoxy) is 1. The smallest absolute Gasteiger partial charge is 0.316 e. The van der Waals surface area contributed by atoms with E-state index in [1.807, 2.05) is 24.3 Å². The van der Waals surface area contributed by atoms with Gasteiger partial charge in [-0.3, -0.25) is 9.59 Å². The van der Waals surface area contributed by atoms with Crippen molar-refractivity contribution < 1.29 is 14.3 Å².